The van der Waals surface area contributed by atoms with Gasteiger partial charge >= 0.3 is 0 Å². The van der Waals surface area contributed by atoms with Crippen LogP contribution >= 0.6 is 11.3 Å². The minimum atomic E-state index is -0.707. The van der Waals surface area contributed by atoms with E-state index in [4.69, 9.17) is 0 Å². The SMILES string of the molecule is CC(CCS(C)=O)Nc1nncs1. The maximum Gasteiger partial charge on any atom is 0.205 e. The third-order valence-electron chi connectivity index (χ3n) is 1.57. The number of nitrogens with zero attached hydrogens (tertiary/aromatic N) is 2. The largest absolute Gasteiger partial charge is 0.358 e. The van der Waals surface area contributed by atoms with E-state index in [1.807, 2.05) is 6.92 Å². The highest BCUT2D eigenvalue weighted by Gasteiger charge is 2.04. The molecule has 0 aliphatic carbocycles. The second-order valence-electron chi connectivity index (χ2n) is 2.86. The van der Waals surface area contributed by atoms with Crippen LogP contribution in [0.1, 0.15) is 13.3 Å². The first-order valence-corrected chi connectivity index (χ1v) is 6.62. The minimum Gasteiger partial charge on any atom is -0.358 e. The Balaban J connectivity index is 2.25. The van der Waals surface area contributed by atoms with Crippen LogP contribution in [0.25, 0.3) is 0 Å². The fraction of sp³-hybridized carbons (Fsp3) is 0.714. The van der Waals surface area contributed by atoms with Crippen molar-refractivity contribution >= 4 is 27.3 Å². The van der Waals surface area contributed by atoms with Gasteiger partial charge in [-0.2, -0.15) is 0 Å². The molecule has 0 bridgehead atoms. The molecule has 0 saturated carbocycles. The van der Waals surface area contributed by atoms with Gasteiger partial charge in [-0.15, -0.1) is 10.2 Å². The van der Waals surface area contributed by atoms with Gasteiger partial charge in [0.25, 0.3) is 0 Å². The van der Waals surface area contributed by atoms with Crippen LogP contribution in [-0.2, 0) is 10.8 Å². The topological polar surface area (TPSA) is 54.9 Å². The van der Waals surface area contributed by atoms with E-state index < -0.39 is 10.8 Å². The molecule has 1 aromatic heterocycles. The summed E-state index contributed by atoms with van der Waals surface area (Å²) in [6.45, 7) is 2.05. The first kappa shape index (κ1) is 10.6. The molecular weight excluding hydrogens is 206 g/mol. The summed E-state index contributed by atoms with van der Waals surface area (Å²) < 4.78 is 10.8. The monoisotopic (exact) mass is 219 g/mol. The molecule has 0 aliphatic rings. The minimum absolute atomic E-state index is 0.303. The second-order valence-corrected chi connectivity index (χ2v) is 5.24. The van der Waals surface area contributed by atoms with Crippen molar-refractivity contribution in [2.24, 2.45) is 0 Å². The first-order chi connectivity index (χ1) is 6.18. The van der Waals surface area contributed by atoms with Gasteiger partial charge in [0.1, 0.15) is 5.51 Å². The molecule has 1 N–H and O–H groups in total. The van der Waals surface area contributed by atoms with Crippen molar-refractivity contribution < 1.29 is 4.21 Å². The van der Waals surface area contributed by atoms with Crippen molar-refractivity contribution in [1.29, 1.82) is 0 Å². The van der Waals surface area contributed by atoms with E-state index >= 15 is 0 Å². The molecule has 2 unspecified atom stereocenters. The number of hydrogen-bond acceptors (Lipinski definition) is 5. The average molecular weight is 219 g/mol. The molecular formula is C7H13N3OS2. The third-order valence-corrected chi connectivity index (χ3v) is 3.00. The Labute approximate surface area is 84.2 Å². The van der Waals surface area contributed by atoms with Crippen molar-refractivity contribution in [2.45, 2.75) is 19.4 Å². The lowest BCUT2D eigenvalue weighted by molar-refractivity contribution is 0.678. The Bertz CT molecular complexity index is 263. The Morgan fingerprint density at radius 3 is 3.08 bits per heavy atom. The molecule has 1 heterocycles. The zero-order chi connectivity index (χ0) is 9.68. The summed E-state index contributed by atoms with van der Waals surface area (Å²) in [4.78, 5) is 0. The van der Waals surface area contributed by atoms with Gasteiger partial charge in [-0.1, -0.05) is 11.3 Å². The van der Waals surface area contributed by atoms with Gasteiger partial charge in [-0.25, -0.2) is 0 Å². The van der Waals surface area contributed by atoms with Crippen molar-refractivity contribution in [2.75, 3.05) is 17.3 Å². The van der Waals surface area contributed by atoms with E-state index in [0.29, 0.717) is 6.04 Å². The first-order valence-electron chi connectivity index (χ1n) is 4.01. The molecule has 0 radical (unpaired) electrons. The molecule has 74 valence electrons. The van der Waals surface area contributed by atoms with Crippen molar-refractivity contribution in [3.63, 3.8) is 0 Å². The normalized spacial score (nSPS) is 15.2. The van der Waals surface area contributed by atoms with Crippen LogP contribution in [0.3, 0.4) is 0 Å². The molecule has 0 saturated heterocycles. The molecule has 0 aliphatic heterocycles. The number of hydrogen-bond donors (Lipinski definition) is 1. The maximum atomic E-state index is 10.8. The quantitative estimate of drug-likeness (QED) is 0.806. The molecule has 0 amide bonds. The van der Waals surface area contributed by atoms with Gasteiger partial charge < -0.3 is 5.32 Å². The van der Waals surface area contributed by atoms with Crippen LogP contribution in [0.2, 0.25) is 0 Å². The predicted octanol–water partition coefficient (Wildman–Crippen LogP) is 1.11. The molecule has 1 aromatic rings. The molecule has 0 aromatic carbocycles. The second kappa shape index (κ2) is 5.29. The zero-order valence-electron chi connectivity index (χ0n) is 7.69. The van der Waals surface area contributed by atoms with Crippen LogP contribution in [0.5, 0.6) is 0 Å². The zero-order valence-corrected chi connectivity index (χ0v) is 9.32. The molecule has 1 rings (SSSR count). The number of anilines is 1. The summed E-state index contributed by atoms with van der Waals surface area (Å²) in [5.74, 6) is 0.729. The summed E-state index contributed by atoms with van der Waals surface area (Å²) in [6.07, 6.45) is 2.61. The Hall–Kier alpha value is -0.490. The van der Waals surface area contributed by atoms with Gasteiger partial charge in [0.05, 0.1) is 0 Å². The summed E-state index contributed by atoms with van der Waals surface area (Å²) in [5, 5.41) is 11.6. The highest BCUT2D eigenvalue weighted by Crippen LogP contribution is 2.10. The van der Waals surface area contributed by atoms with Crippen LogP contribution < -0.4 is 5.32 Å². The fourth-order valence-electron chi connectivity index (χ4n) is 0.862. The number of aromatic nitrogens is 2. The Morgan fingerprint density at radius 1 is 1.77 bits per heavy atom. The van der Waals surface area contributed by atoms with E-state index in [1.54, 1.807) is 11.8 Å². The van der Waals surface area contributed by atoms with E-state index in [-0.39, 0.29) is 0 Å². The van der Waals surface area contributed by atoms with Crippen molar-refractivity contribution in [1.82, 2.24) is 10.2 Å². The van der Waals surface area contributed by atoms with Gasteiger partial charge in [0.2, 0.25) is 5.13 Å². The van der Waals surface area contributed by atoms with E-state index in [2.05, 4.69) is 15.5 Å². The predicted molar refractivity (Wildman–Crippen MR) is 56.5 cm³/mol. The smallest absolute Gasteiger partial charge is 0.205 e. The lowest BCUT2D eigenvalue weighted by Crippen LogP contribution is -2.17. The Kier molecular flexibility index (Phi) is 4.31. The van der Waals surface area contributed by atoms with Gasteiger partial charge in [-0.3, -0.25) is 4.21 Å². The molecule has 13 heavy (non-hydrogen) atoms. The highest BCUT2D eigenvalue weighted by molar-refractivity contribution is 7.84. The average Bonchev–Trinajstić information content (AvgIpc) is 2.53. The van der Waals surface area contributed by atoms with Crippen LogP contribution in [0.4, 0.5) is 5.13 Å². The van der Waals surface area contributed by atoms with Crippen LogP contribution in [0, 0.1) is 0 Å². The molecule has 4 nitrogen and oxygen atoms in total. The lowest BCUT2D eigenvalue weighted by atomic mass is 10.3. The summed E-state index contributed by atoms with van der Waals surface area (Å²) in [5.41, 5.74) is 1.69. The number of nitrogens with one attached hydrogen (secondary N) is 1. The fourth-order valence-corrected chi connectivity index (χ4v) is 2.10. The summed E-state index contributed by atoms with van der Waals surface area (Å²) in [7, 11) is -0.707. The third kappa shape index (κ3) is 4.33. The standard InChI is InChI=1S/C7H13N3OS2/c1-6(3-4-13(2)11)9-7-10-8-5-12-7/h5-6H,3-4H2,1-2H3,(H,9,10). The highest BCUT2D eigenvalue weighted by atomic mass is 32.2. The molecule has 6 heteroatoms. The molecule has 2 atom stereocenters. The maximum absolute atomic E-state index is 10.8. The van der Waals surface area contributed by atoms with Crippen molar-refractivity contribution in [3.8, 4) is 0 Å². The lowest BCUT2D eigenvalue weighted by Gasteiger charge is -2.10. The Morgan fingerprint density at radius 2 is 2.54 bits per heavy atom. The molecule has 0 fully saturated rings. The van der Waals surface area contributed by atoms with E-state index in [1.165, 1.54) is 11.3 Å². The van der Waals surface area contributed by atoms with Crippen LogP contribution in [-0.4, -0.2) is 32.5 Å². The van der Waals surface area contributed by atoms with E-state index in [0.717, 1.165) is 17.3 Å². The molecule has 0 spiro atoms. The van der Waals surface area contributed by atoms with Crippen molar-refractivity contribution in [3.05, 3.63) is 5.51 Å². The van der Waals surface area contributed by atoms with Gasteiger partial charge in [-0.05, 0) is 13.3 Å². The summed E-state index contributed by atoms with van der Waals surface area (Å²) in [6, 6.07) is 0.303. The summed E-state index contributed by atoms with van der Waals surface area (Å²) >= 11 is 1.48. The van der Waals surface area contributed by atoms with Gasteiger partial charge in [0, 0.05) is 28.9 Å². The van der Waals surface area contributed by atoms with Crippen LogP contribution in [0.15, 0.2) is 5.51 Å². The van der Waals surface area contributed by atoms with Gasteiger partial charge in [0.15, 0.2) is 0 Å². The number of rotatable bonds is 5. The van der Waals surface area contributed by atoms with E-state index in [9.17, 15) is 4.21 Å².